The van der Waals surface area contributed by atoms with Gasteiger partial charge in [0.25, 0.3) is 5.56 Å². The van der Waals surface area contributed by atoms with Gasteiger partial charge in [0.2, 0.25) is 12.5 Å². The van der Waals surface area contributed by atoms with Crippen molar-refractivity contribution in [1.29, 1.82) is 0 Å². The summed E-state index contributed by atoms with van der Waals surface area (Å²) in [5, 5.41) is 16.9. The minimum Gasteiger partial charge on any atom is -0.490 e. The Hall–Kier alpha value is -4.45. The van der Waals surface area contributed by atoms with Gasteiger partial charge in [0.05, 0.1) is 28.6 Å². The molecule has 212 valence electrons. The molecular weight excluding hydrogens is 596 g/mol. The van der Waals surface area contributed by atoms with E-state index in [1.54, 1.807) is 43.3 Å². The smallest absolute Gasteiger partial charge is 0.315 e. The molecule has 0 unspecified atom stereocenters. The second-order valence-corrected chi connectivity index (χ2v) is 10.1. The van der Waals surface area contributed by atoms with Gasteiger partial charge >= 0.3 is 5.69 Å². The molecule has 0 aliphatic carbocycles. The van der Waals surface area contributed by atoms with Crippen LogP contribution in [-0.2, 0) is 13.0 Å². The third-order valence-electron chi connectivity index (χ3n) is 6.33. The van der Waals surface area contributed by atoms with Gasteiger partial charge in [-0.2, -0.15) is 9.78 Å². The normalized spacial score (nSPS) is 12.3. The molecule has 0 saturated carbocycles. The molecule has 1 aromatic heterocycles. The van der Waals surface area contributed by atoms with Gasteiger partial charge in [-0.1, -0.05) is 35.3 Å². The molecule has 0 fully saturated rings. The van der Waals surface area contributed by atoms with E-state index in [1.807, 2.05) is 6.07 Å². The fourth-order valence-electron chi connectivity index (χ4n) is 4.35. The van der Waals surface area contributed by atoms with Gasteiger partial charge in [-0.15, -0.1) is 0 Å². The van der Waals surface area contributed by atoms with Crippen LogP contribution < -0.4 is 24.5 Å². The van der Waals surface area contributed by atoms with Crippen LogP contribution in [0.5, 0.6) is 23.0 Å². The van der Waals surface area contributed by atoms with E-state index in [2.05, 4.69) is 32.9 Å². The van der Waals surface area contributed by atoms with Crippen molar-refractivity contribution >= 4 is 38.7 Å². The van der Waals surface area contributed by atoms with E-state index in [9.17, 15) is 14.9 Å². The molecule has 11 nitrogen and oxygen atoms in total. The molecule has 0 bridgehead atoms. The standard InChI is InChI=1S/C29H27BrN4O7/c1-3-5-6-27-32-22-9-8-20(30)14-21(22)29(35)33(27)31-15-19-11-23(34(36)37)28(26(13-19)38-4-2)39-16-18-7-10-24-25(12-18)41-17-40-24/h7-15H,3-6,16-17H2,1-2H3. The van der Waals surface area contributed by atoms with Crippen molar-refractivity contribution in [3.63, 3.8) is 0 Å². The summed E-state index contributed by atoms with van der Waals surface area (Å²) in [7, 11) is 0. The number of rotatable bonds is 11. The fourth-order valence-corrected chi connectivity index (χ4v) is 4.71. The number of ether oxygens (including phenoxy) is 4. The zero-order valence-corrected chi connectivity index (χ0v) is 24.0. The molecule has 0 amide bonds. The third-order valence-corrected chi connectivity index (χ3v) is 6.82. The lowest BCUT2D eigenvalue weighted by Gasteiger charge is -2.13. The van der Waals surface area contributed by atoms with Gasteiger partial charge in [0, 0.05) is 22.5 Å². The second-order valence-electron chi connectivity index (χ2n) is 9.19. The highest BCUT2D eigenvalue weighted by molar-refractivity contribution is 9.10. The highest BCUT2D eigenvalue weighted by Gasteiger charge is 2.23. The Morgan fingerprint density at radius 2 is 1.95 bits per heavy atom. The van der Waals surface area contributed by atoms with Crippen LogP contribution in [0.1, 0.15) is 43.6 Å². The number of hydrogen-bond donors (Lipinski definition) is 0. The molecule has 0 radical (unpaired) electrons. The lowest BCUT2D eigenvalue weighted by Crippen LogP contribution is -2.22. The summed E-state index contributed by atoms with van der Waals surface area (Å²) in [5.74, 6) is 1.89. The zero-order chi connectivity index (χ0) is 28.9. The zero-order valence-electron chi connectivity index (χ0n) is 22.5. The van der Waals surface area contributed by atoms with Crippen molar-refractivity contribution < 1.29 is 23.9 Å². The topological polar surface area (TPSA) is 127 Å². The predicted octanol–water partition coefficient (Wildman–Crippen LogP) is 6.00. The monoisotopic (exact) mass is 622 g/mol. The van der Waals surface area contributed by atoms with Crippen LogP contribution >= 0.6 is 15.9 Å². The molecular formula is C29H27BrN4O7. The summed E-state index contributed by atoms with van der Waals surface area (Å²) in [5.41, 5.74) is 1.05. The molecule has 1 aliphatic heterocycles. The predicted molar refractivity (Wildman–Crippen MR) is 156 cm³/mol. The van der Waals surface area contributed by atoms with Gasteiger partial charge in [-0.05, 0) is 55.3 Å². The Kier molecular flexibility index (Phi) is 8.48. The fraction of sp³-hybridized carbons (Fsp3) is 0.276. The summed E-state index contributed by atoms with van der Waals surface area (Å²) < 4.78 is 24.4. The first kappa shape index (κ1) is 28.1. The number of halogens is 1. The van der Waals surface area contributed by atoms with Crippen LogP contribution in [0, 0.1) is 10.1 Å². The number of fused-ring (bicyclic) bond motifs is 2. The van der Waals surface area contributed by atoms with E-state index in [4.69, 9.17) is 18.9 Å². The van der Waals surface area contributed by atoms with Crippen molar-refractivity contribution in [1.82, 2.24) is 9.66 Å². The number of nitro groups is 1. The first-order chi connectivity index (χ1) is 19.9. The van der Waals surface area contributed by atoms with E-state index in [-0.39, 0.29) is 42.8 Å². The SMILES string of the molecule is CCCCc1nc2ccc(Br)cc2c(=O)n1N=Cc1cc(OCC)c(OCc2ccc3c(c2)OCO3)c([N+](=O)[O-])c1. The number of benzene rings is 3. The number of nitro benzene ring substituents is 1. The lowest BCUT2D eigenvalue weighted by molar-refractivity contribution is -0.386. The van der Waals surface area contributed by atoms with E-state index in [0.29, 0.717) is 40.2 Å². The Bertz CT molecular complexity index is 1700. The van der Waals surface area contributed by atoms with Crippen LogP contribution in [0.4, 0.5) is 5.69 Å². The largest absolute Gasteiger partial charge is 0.490 e. The van der Waals surface area contributed by atoms with Crippen molar-refractivity contribution in [2.45, 2.75) is 39.7 Å². The van der Waals surface area contributed by atoms with Gasteiger partial charge < -0.3 is 18.9 Å². The molecule has 3 aromatic carbocycles. The van der Waals surface area contributed by atoms with Gasteiger partial charge in [0.1, 0.15) is 12.4 Å². The highest BCUT2D eigenvalue weighted by Crippen LogP contribution is 2.39. The maximum Gasteiger partial charge on any atom is 0.315 e. The van der Waals surface area contributed by atoms with E-state index < -0.39 is 4.92 Å². The Morgan fingerprint density at radius 1 is 1.12 bits per heavy atom. The van der Waals surface area contributed by atoms with Crippen LogP contribution in [0.2, 0.25) is 0 Å². The van der Waals surface area contributed by atoms with Crippen LogP contribution in [0.25, 0.3) is 10.9 Å². The lowest BCUT2D eigenvalue weighted by atomic mass is 10.1. The maximum absolute atomic E-state index is 13.4. The number of hydrogen-bond acceptors (Lipinski definition) is 9. The van der Waals surface area contributed by atoms with Crippen molar-refractivity contribution in [2.24, 2.45) is 5.10 Å². The van der Waals surface area contributed by atoms with Crippen LogP contribution in [0.3, 0.4) is 0 Å². The molecule has 0 atom stereocenters. The molecule has 0 N–H and O–H groups in total. The molecule has 12 heteroatoms. The Labute approximate surface area is 243 Å². The van der Waals surface area contributed by atoms with E-state index in [1.165, 1.54) is 17.0 Å². The van der Waals surface area contributed by atoms with Gasteiger partial charge in [0.15, 0.2) is 17.2 Å². The van der Waals surface area contributed by atoms with Gasteiger partial charge in [-0.25, -0.2) is 4.98 Å². The van der Waals surface area contributed by atoms with E-state index >= 15 is 0 Å². The van der Waals surface area contributed by atoms with E-state index in [0.717, 1.165) is 22.9 Å². The summed E-state index contributed by atoms with van der Waals surface area (Å²) >= 11 is 3.40. The molecule has 2 heterocycles. The Balaban J connectivity index is 1.51. The molecule has 4 aromatic rings. The maximum atomic E-state index is 13.4. The highest BCUT2D eigenvalue weighted by atomic mass is 79.9. The van der Waals surface area contributed by atoms with Gasteiger partial charge in [-0.3, -0.25) is 14.9 Å². The first-order valence-corrected chi connectivity index (χ1v) is 13.9. The van der Waals surface area contributed by atoms with Crippen LogP contribution in [-0.4, -0.2) is 34.2 Å². The Morgan fingerprint density at radius 3 is 2.73 bits per heavy atom. The average Bonchev–Trinajstić information content (AvgIpc) is 3.43. The summed E-state index contributed by atoms with van der Waals surface area (Å²) in [6.07, 6.45) is 3.67. The quantitative estimate of drug-likeness (QED) is 0.113. The number of unbranched alkanes of at least 4 members (excludes halogenated alkanes) is 1. The molecule has 0 saturated heterocycles. The molecule has 0 spiro atoms. The number of nitrogens with zero attached hydrogens (tertiary/aromatic N) is 4. The third kappa shape index (κ3) is 6.17. The van der Waals surface area contributed by atoms with Crippen molar-refractivity contribution in [2.75, 3.05) is 13.4 Å². The molecule has 1 aliphatic rings. The number of aromatic nitrogens is 2. The number of aryl methyl sites for hydroxylation is 1. The summed E-state index contributed by atoms with van der Waals surface area (Å²) in [6, 6.07) is 13.6. The molecule has 41 heavy (non-hydrogen) atoms. The first-order valence-electron chi connectivity index (χ1n) is 13.1. The minimum absolute atomic E-state index is 0.00955. The second kappa shape index (κ2) is 12.4. The van der Waals surface area contributed by atoms with Crippen molar-refractivity contribution in [3.05, 3.63) is 90.4 Å². The summed E-state index contributed by atoms with van der Waals surface area (Å²) in [6.45, 7) is 4.25. The van der Waals surface area contributed by atoms with Crippen molar-refractivity contribution in [3.8, 4) is 23.0 Å². The summed E-state index contributed by atoms with van der Waals surface area (Å²) in [4.78, 5) is 29.6. The molecule has 5 rings (SSSR count). The average molecular weight is 623 g/mol. The minimum atomic E-state index is -0.539. The van der Waals surface area contributed by atoms with Crippen LogP contribution in [0.15, 0.2) is 62.9 Å².